The predicted octanol–water partition coefficient (Wildman–Crippen LogP) is 2.70. The smallest absolute Gasteiger partial charge is 0.475 e. The van der Waals surface area contributed by atoms with Crippen LogP contribution in [0.4, 0.5) is 13.2 Å². The van der Waals surface area contributed by atoms with Gasteiger partial charge in [0.1, 0.15) is 4.90 Å². The minimum Gasteiger partial charge on any atom is -0.475 e. The van der Waals surface area contributed by atoms with Crippen molar-refractivity contribution in [2.45, 2.75) is 29.5 Å². The van der Waals surface area contributed by atoms with Gasteiger partial charge < -0.3 is 14.7 Å². The first-order valence-corrected chi connectivity index (χ1v) is 10.9. The highest BCUT2D eigenvalue weighted by molar-refractivity contribution is 7.89. The maximum atomic E-state index is 12.7. The van der Waals surface area contributed by atoms with Crippen molar-refractivity contribution in [1.29, 1.82) is 0 Å². The minimum atomic E-state index is -5.08. The quantitative estimate of drug-likeness (QED) is 0.725. The molecule has 1 N–H and O–H groups in total. The minimum absolute atomic E-state index is 0.179. The lowest BCUT2D eigenvalue weighted by Crippen LogP contribution is -2.66. The molecular formula is C18H24ClF3N2O5S. The number of hydrogen-bond acceptors (Lipinski definition) is 5. The molecule has 0 aromatic heterocycles. The summed E-state index contributed by atoms with van der Waals surface area (Å²) in [5, 5.41) is 7.39. The monoisotopic (exact) mass is 472 g/mol. The number of hydrogen-bond donors (Lipinski definition) is 1. The van der Waals surface area contributed by atoms with E-state index in [1.807, 2.05) is 0 Å². The van der Waals surface area contributed by atoms with Crippen LogP contribution in [0.15, 0.2) is 29.2 Å². The van der Waals surface area contributed by atoms with Crippen LogP contribution in [0.25, 0.3) is 0 Å². The number of halogens is 4. The van der Waals surface area contributed by atoms with Crippen LogP contribution < -0.4 is 0 Å². The Kier molecular flexibility index (Phi) is 7.78. The van der Waals surface area contributed by atoms with Crippen molar-refractivity contribution < 1.29 is 36.2 Å². The molecule has 30 heavy (non-hydrogen) atoms. The highest BCUT2D eigenvalue weighted by Gasteiger charge is 2.51. The van der Waals surface area contributed by atoms with E-state index in [2.05, 4.69) is 19.0 Å². The summed E-state index contributed by atoms with van der Waals surface area (Å²) in [7, 11) is 0.595. The summed E-state index contributed by atoms with van der Waals surface area (Å²) in [6.07, 6.45) is -3.09. The van der Waals surface area contributed by atoms with E-state index in [4.69, 9.17) is 26.2 Å². The van der Waals surface area contributed by atoms with Gasteiger partial charge in [-0.3, -0.25) is 0 Å². The van der Waals surface area contributed by atoms with E-state index in [-0.39, 0.29) is 15.5 Å². The Balaban J connectivity index is 0.000000396. The number of carboxylic acids is 1. The lowest BCUT2D eigenvalue weighted by Gasteiger charge is -2.52. The first-order valence-electron chi connectivity index (χ1n) is 9.10. The molecule has 170 valence electrons. The summed E-state index contributed by atoms with van der Waals surface area (Å²) >= 11 is 6.04. The van der Waals surface area contributed by atoms with Crippen molar-refractivity contribution in [1.82, 2.24) is 9.21 Å². The first-order chi connectivity index (χ1) is 13.8. The normalized spacial score (nSPS) is 21.6. The Bertz CT molecular complexity index is 848. The van der Waals surface area contributed by atoms with E-state index >= 15 is 0 Å². The molecule has 0 saturated carbocycles. The van der Waals surface area contributed by atoms with Gasteiger partial charge in [0.2, 0.25) is 10.0 Å². The average molecular weight is 473 g/mol. The van der Waals surface area contributed by atoms with Crippen molar-refractivity contribution in [3.8, 4) is 0 Å². The molecule has 1 aromatic carbocycles. The standard InChI is InChI=1S/C16H23ClN2O3S.C2HF3O2/c1-18(2)9-13-7-8-16(22-10-13)11-19(12-16)23(20,21)15-6-4-3-5-14(15)17;3-2(4,5)1(6)7/h3-6,13H,7-12H2,1-2H3;(H,6,7). The molecule has 7 nitrogen and oxygen atoms in total. The summed E-state index contributed by atoms with van der Waals surface area (Å²) in [5.41, 5.74) is -0.295. The fourth-order valence-corrected chi connectivity index (χ4v) is 5.47. The van der Waals surface area contributed by atoms with Gasteiger partial charge in [-0.25, -0.2) is 13.2 Å². The second-order valence-electron chi connectivity index (χ2n) is 7.67. The molecule has 0 radical (unpaired) electrons. The number of sulfonamides is 1. The van der Waals surface area contributed by atoms with Crippen molar-refractivity contribution in [3.05, 3.63) is 29.3 Å². The summed E-state index contributed by atoms with van der Waals surface area (Å²) in [5.74, 6) is -2.22. The number of nitrogens with zero attached hydrogens (tertiary/aromatic N) is 2. The number of ether oxygens (including phenoxy) is 1. The van der Waals surface area contributed by atoms with E-state index in [0.717, 1.165) is 19.4 Å². The van der Waals surface area contributed by atoms with Crippen LogP contribution in [0, 0.1) is 5.92 Å². The zero-order valence-electron chi connectivity index (χ0n) is 16.5. The van der Waals surface area contributed by atoms with Crippen LogP contribution >= 0.6 is 11.6 Å². The van der Waals surface area contributed by atoms with Gasteiger partial charge in [-0.05, 0) is 45.0 Å². The third-order valence-corrected chi connectivity index (χ3v) is 7.17. The number of alkyl halides is 3. The van der Waals surface area contributed by atoms with E-state index in [9.17, 15) is 21.6 Å². The van der Waals surface area contributed by atoms with Gasteiger partial charge in [0, 0.05) is 19.6 Å². The summed E-state index contributed by atoms with van der Waals surface area (Å²) in [4.78, 5) is 11.2. The summed E-state index contributed by atoms with van der Waals surface area (Å²) in [6.45, 7) is 2.57. The highest BCUT2D eigenvalue weighted by Crippen LogP contribution is 2.39. The molecule has 2 heterocycles. The number of carbonyl (C=O) groups is 1. The fraction of sp³-hybridized carbons (Fsp3) is 0.611. The van der Waals surface area contributed by atoms with Gasteiger partial charge in [0.05, 0.1) is 17.2 Å². The van der Waals surface area contributed by atoms with Crippen molar-refractivity contribution in [2.24, 2.45) is 5.92 Å². The number of carboxylic acid groups (broad SMARTS) is 1. The Morgan fingerprint density at radius 3 is 2.33 bits per heavy atom. The fourth-order valence-electron chi connectivity index (χ4n) is 3.39. The second-order valence-corrected chi connectivity index (χ2v) is 9.98. The van der Waals surface area contributed by atoms with Crippen LogP contribution in [0.1, 0.15) is 12.8 Å². The number of rotatable bonds is 4. The van der Waals surface area contributed by atoms with E-state index in [0.29, 0.717) is 25.6 Å². The summed E-state index contributed by atoms with van der Waals surface area (Å²) < 4.78 is 64.6. The molecule has 0 aliphatic carbocycles. The van der Waals surface area contributed by atoms with Crippen LogP contribution in [0.5, 0.6) is 0 Å². The zero-order chi connectivity index (χ0) is 22.7. The molecule has 0 bridgehead atoms. The predicted molar refractivity (Wildman–Crippen MR) is 104 cm³/mol. The van der Waals surface area contributed by atoms with E-state index in [1.54, 1.807) is 24.3 Å². The topological polar surface area (TPSA) is 87.2 Å². The van der Waals surface area contributed by atoms with Gasteiger partial charge in [0.15, 0.2) is 0 Å². The Labute approximate surface area is 178 Å². The highest BCUT2D eigenvalue weighted by atomic mass is 35.5. The zero-order valence-corrected chi connectivity index (χ0v) is 18.1. The number of aliphatic carboxylic acids is 1. The van der Waals surface area contributed by atoms with Crippen LogP contribution in [0.2, 0.25) is 5.02 Å². The molecule has 1 atom stereocenters. The molecule has 0 amide bonds. The van der Waals surface area contributed by atoms with Crippen molar-refractivity contribution in [3.63, 3.8) is 0 Å². The Morgan fingerprint density at radius 1 is 1.33 bits per heavy atom. The van der Waals surface area contributed by atoms with E-state index < -0.39 is 22.2 Å². The lowest BCUT2D eigenvalue weighted by molar-refractivity contribution is -0.192. The van der Waals surface area contributed by atoms with Gasteiger partial charge in [-0.15, -0.1) is 0 Å². The molecule has 2 aliphatic rings. The number of benzene rings is 1. The van der Waals surface area contributed by atoms with Crippen LogP contribution in [0.3, 0.4) is 0 Å². The van der Waals surface area contributed by atoms with Gasteiger partial charge in [-0.1, -0.05) is 23.7 Å². The van der Waals surface area contributed by atoms with Gasteiger partial charge >= 0.3 is 12.1 Å². The maximum absolute atomic E-state index is 12.7. The molecule has 2 aliphatic heterocycles. The Hall–Kier alpha value is -1.40. The third-order valence-electron chi connectivity index (χ3n) is 4.88. The van der Waals surface area contributed by atoms with Gasteiger partial charge in [-0.2, -0.15) is 17.5 Å². The summed E-state index contributed by atoms with van der Waals surface area (Å²) in [6, 6.07) is 6.58. The molecule has 3 rings (SSSR count). The largest absolute Gasteiger partial charge is 0.490 e. The van der Waals surface area contributed by atoms with Gasteiger partial charge in [0.25, 0.3) is 0 Å². The molecule has 1 unspecified atom stereocenters. The molecule has 2 saturated heterocycles. The molecule has 12 heteroatoms. The lowest BCUT2D eigenvalue weighted by atomic mass is 9.84. The van der Waals surface area contributed by atoms with Crippen LogP contribution in [-0.2, 0) is 19.6 Å². The first kappa shape index (κ1) is 24.9. The van der Waals surface area contributed by atoms with Crippen molar-refractivity contribution in [2.75, 3.05) is 40.3 Å². The van der Waals surface area contributed by atoms with E-state index in [1.165, 1.54) is 4.31 Å². The van der Waals surface area contributed by atoms with Crippen LogP contribution in [-0.4, -0.2) is 80.8 Å². The SMILES string of the molecule is CN(C)CC1CCC2(CN(S(=O)(=O)c3ccccc3Cl)C2)OC1.O=C(O)C(F)(F)F. The molecular weight excluding hydrogens is 449 g/mol. The second kappa shape index (κ2) is 9.39. The molecule has 2 fully saturated rings. The van der Waals surface area contributed by atoms with Crippen molar-refractivity contribution >= 4 is 27.6 Å². The Morgan fingerprint density at radius 2 is 1.90 bits per heavy atom. The molecule has 1 aromatic rings. The average Bonchev–Trinajstić information content (AvgIpc) is 2.60. The third kappa shape index (κ3) is 6.07. The molecule has 1 spiro atoms. The maximum Gasteiger partial charge on any atom is 0.490 e.